The third-order valence-corrected chi connectivity index (χ3v) is 2.01. The fraction of sp³-hybridized carbons (Fsp3) is 0.308. The summed E-state index contributed by atoms with van der Waals surface area (Å²) < 4.78 is 0. The molecule has 0 aromatic carbocycles. The molecule has 0 amide bonds. The van der Waals surface area contributed by atoms with Gasteiger partial charge in [0.15, 0.2) is 0 Å². The Morgan fingerprint density at radius 2 is 2.07 bits per heavy atom. The molecule has 1 heterocycles. The topological polar surface area (TPSA) is 12.9 Å². The molecule has 0 atom stereocenters. The first-order valence-corrected chi connectivity index (χ1v) is 5.24. The van der Waals surface area contributed by atoms with E-state index in [1.807, 2.05) is 32.2 Å². The van der Waals surface area contributed by atoms with Crippen molar-refractivity contribution < 1.29 is 0 Å². The van der Waals surface area contributed by atoms with Crippen molar-refractivity contribution in [3.05, 3.63) is 48.3 Å². The van der Waals surface area contributed by atoms with E-state index in [9.17, 15) is 0 Å². The van der Waals surface area contributed by atoms with E-state index in [2.05, 4.69) is 29.3 Å². The van der Waals surface area contributed by atoms with Gasteiger partial charge in [0.2, 0.25) is 0 Å². The maximum absolute atomic E-state index is 4.30. The van der Waals surface area contributed by atoms with Crippen molar-refractivity contribution in [3.63, 3.8) is 0 Å². The summed E-state index contributed by atoms with van der Waals surface area (Å²) in [6, 6.07) is 6.04. The molecule has 0 aliphatic heterocycles. The summed E-state index contributed by atoms with van der Waals surface area (Å²) in [5.41, 5.74) is 2.46. The molecule has 1 aliphatic rings. The van der Waals surface area contributed by atoms with Gasteiger partial charge in [-0.15, -0.1) is 0 Å². The lowest BCUT2D eigenvalue weighted by atomic mass is 10.0. The largest absolute Gasteiger partial charge is 0.257 e. The molecular formula is C13H17N. The van der Waals surface area contributed by atoms with Crippen LogP contribution in [0.25, 0.3) is 5.57 Å². The van der Waals surface area contributed by atoms with Crippen LogP contribution in [0.2, 0.25) is 0 Å². The van der Waals surface area contributed by atoms with Crippen molar-refractivity contribution in [2.24, 2.45) is 0 Å². The van der Waals surface area contributed by atoms with E-state index in [1.165, 1.54) is 5.57 Å². The number of aromatic nitrogens is 1. The Hall–Kier alpha value is -1.37. The maximum Gasteiger partial charge on any atom is 0.0661 e. The molecule has 0 fully saturated rings. The minimum atomic E-state index is 1.11. The normalized spacial score (nSPS) is 14.0. The highest BCUT2D eigenvalue weighted by Gasteiger charge is 2.02. The number of pyridine rings is 1. The molecule has 0 unspecified atom stereocenters. The van der Waals surface area contributed by atoms with Gasteiger partial charge in [-0.2, -0.15) is 0 Å². The van der Waals surface area contributed by atoms with Gasteiger partial charge in [0.1, 0.15) is 0 Å². The highest BCUT2D eigenvalue weighted by molar-refractivity contribution is 5.65. The summed E-state index contributed by atoms with van der Waals surface area (Å²) in [6.07, 6.45) is 10.5. The van der Waals surface area contributed by atoms with E-state index >= 15 is 0 Å². The van der Waals surface area contributed by atoms with Crippen LogP contribution in [0, 0.1) is 0 Å². The van der Waals surface area contributed by atoms with Crippen LogP contribution in [0.5, 0.6) is 0 Å². The predicted octanol–water partition coefficient (Wildman–Crippen LogP) is 3.84. The Balaban J connectivity index is 0.000000461. The smallest absolute Gasteiger partial charge is 0.0661 e. The highest BCUT2D eigenvalue weighted by Crippen LogP contribution is 2.20. The van der Waals surface area contributed by atoms with Gasteiger partial charge in [-0.25, -0.2) is 0 Å². The number of allylic oxidation sites excluding steroid dienone is 4. The Bertz CT molecular complexity index is 309. The van der Waals surface area contributed by atoms with Crippen molar-refractivity contribution in [2.45, 2.75) is 26.7 Å². The van der Waals surface area contributed by atoms with E-state index in [1.54, 1.807) is 0 Å². The first-order valence-electron chi connectivity index (χ1n) is 5.24. The van der Waals surface area contributed by atoms with Crippen LogP contribution >= 0.6 is 0 Å². The number of hydrogen-bond donors (Lipinski definition) is 0. The van der Waals surface area contributed by atoms with Crippen molar-refractivity contribution >= 4 is 5.57 Å². The molecule has 1 nitrogen and oxygen atoms in total. The number of nitrogens with zero attached hydrogens (tertiary/aromatic N) is 1. The van der Waals surface area contributed by atoms with Crippen molar-refractivity contribution in [1.82, 2.24) is 4.98 Å². The Morgan fingerprint density at radius 3 is 2.64 bits per heavy atom. The molecule has 1 aliphatic carbocycles. The van der Waals surface area contributed by atoms with Gasteiger partial charge in [0.25, 0.3) is 0 Å². The molecule has 0 radical (unpaired) electrons. The molecule has 0 saturated carbocycles. The zero-order chi connectivity index (χ0) is 10.2. The highest BCUT2D eigenvalue weighted by atomic mass is 14.7. The van der Waals surface area contributed by atoms with Crippen LogP contribution in [-0.4, -0.2) is 4.98 Å². The standard InChI is InChI=1S/C11H11N.C2H6/c1-2-6-10(7-3-1)11-8-4-5-9-12-11;1-2/h1-2,4-6,8-9H,3,7H2;1-2H3. The molecule has 0 spiro atoms. The van der Waals surface area contributed by atoms with Gasteiger partial charge in [0.05, 0.1) is 5.69 Å². The number of rotatable bonds is 1. The average molecular weight is 187 g/mol. The van der Waals surface area contributed by atoms with E-state index < -0.39 is 0 Å². The predicted molar refractivity (Wildman–Crippen MR) is 61.9 cm³/mol. The second kappa shape index (κ2) is 6.14. The monoisotopic (exact) mass is 187 g/mol. The van der Waals surface area contributed by atoms with Crippen molar-refractivity contribution in [2.75, 3.05) is 0 Å². The fourth-order valence-electron chi connectivity index (χ4n) is 1.37. The zero-order valence-electron chi connectivity index (χ0n) is 8.90. The third-order valence-electron chi connectivity index (χ3n) is 2.01. The molecule has 0 N–H and O–H groups in total. The van der Waals surface area contributed by atoms with Gasteiger partial charge < -0.3 is 0 Å². The molecule has 0 saturated heterocycles. The van der Waals surface area contributed by atoms with Crippen LogP contribution < -0.4 is 0 Å². The molecule has 1 heteroatoms. The van der Waals surface area contributed by atoms with Gasteiger partial charge in [0, 0.05) is 6.20 Å². The van der Waals surface area contributed by atoms with Crippen LogP contribution in [-0.2, 0) is 0 Å². The molecular weight excluding hydrogens is 170 g/mol. The second-order valence-electron chi connectivity index (χ2n) is 2.87. The summed E-state index contributed by atoms with van der Waals surface area (Å²) in [5.74, 6) is 0. The lowest BCUT2D eigenvalue weighted by Gasteiger charge is -2.06. The Labute approximate surface area is 86.2 Å². The van der Waals surface area contributed by atoms with E-state index in [0.29, 0.717) is 0 Å². The summed E-state index contributed by atoms with van der Waals surface area (Å²) in [7, 11) is 0. The minimum absolute atomic E-state index is 1.11. The summed E-state index contributed by atoms with van der Waals surface area (Å²) >= 11 is 0. The van der Waals surface area contributed by atoms with Crippen LogP contribution in [0.3, 0.4) is 0 Å². The van der Waals surface area contributed by atoms with Gasteiger partial charge in [-0.3, -0.25) is 4.98 Å². The maximum atomic E-state index is 4.30. The third kappa shape index (κ3) is 2.84. The first-order chi connectivity index (χ1) is 6.97. The first kappa shape index (κ1) is 10.7. The summed E-state index contributed by atoms with van der Waals surface area (Å²) in [5, 5.41) is 0. The average Bonchev–Trinajstić information content (AvgIpc) is 2.34. The van der Waals surface area contributed by atoms with Gasteiger partial charge in [-0.05, 0) is 30.5 Å². The quantitative estimate of drug-likeness (QED) is 0.651. The summed E-state index contributed by atoms with van der Waals surface area (Å²) in [6.45, 7) is 4.00. The Morgan fingerprint density at radius 1 is 1.21 bits per heavy atom. The van der Waals surface area contributed by atoms with Gasteiger partial charge >= 0.3 is 0 Å². The Kier molecular flexibility index (Phi) is 4.70. The molecule has 74 valence electrons. The van der Waals surface area contributed by atoms with E-state index in [0.717, 1.165) is 18.5 Å². The molecule has 2 rings (SSSR count). The molecule has 1 aromatic rings. The second-order valence-corrected chi connectivity index (χ2v) is 2.87. The van der Waals surface area contributed by atoms with E-state index in [-0.39, 0.29) is 0 Å². The molecule has 14 heavy (non-hydrogen) atoms. The number of hydrogen-bond acceptors (Lipinski definition) is 1. The van der Waals surface area contributed by atoms with Crippen LogP contribution in [0.15, 0.2) is 42.6 Å². The van der Waals surface area contributed by atoms with Gasteiger partial charge in [-0.1, -0.05) is 38.1 Å². The zero-order valence-corrected chi connectivity index (χ0v) is 8.90. The molecule has 1 aromatic heterocycles. The van der Waals surface area contributed by atoms with E-state index in [4.69, 9.17) is 0 Å². The minimum Gasteiger partial charge on any atom is -0.257 e. The lowest BCUT2D eigenvalue weighted by molar-refractivity contribution is 1.04. The van der Waals surface area contributed by atoms with Crippen LogP contribution in [0.1, 0.15) is 32.4 Å². The fourth-order valence-corrected chi connectivity index (χ4v) is 1.37. The van der Waals surface area contributed by atoms with Crippen molar-refractivity contribution in [1.29, 1.82) is 0 Å². The van der Waals surface area contributed by atoms with Crippen molar-refractivity contribution in [3.8, 4) is 0 Å². The summed E-state index contributed by atoms with van der Waals surface area (Å²) in [4.78, 5) is 4.30. The van der Waals surface area contributed by atoms with Crippen LogP contribution in [0.4, 0.5) is 0 Å². The lowest BCUT2D eigenvalue weighted by Crippen LogP contribution is -1.90. The molecule has 0 bridgehead atoms. The SMILES string of the molecule is C1=CCCC(c2ccccn2)=C1.CC.